The van der Waals surface area contributed by atoms with Crippen LogP contribution in [0.15, 0.2) is 0 Å². The van der Waals surface area contributed by atoms with Crippen LogP contribution in [0.5, 0.6) is 0 Å². The zero-order chi connectivity index (χ0) is 10.7. The van der Waals surface area contributed by atoms with Gasteiger partial charge in [-0.1, -0.05) is 47.5 Å². The maximum absolute atomic E-state index is 3.37. The van der Waals surface area contributed by atoms with Crippen LogP contribution in [-0.2, 0) is 0 Å². The molecule has 1 heteroatoms. The molecule has 0 aromatic carbocycles. The first-order chi connectivity index (χ1) is 6.22. The minimum absolute atomic E-state index is 0.764. The Morgan fingerprint density at radius 3 is 1.62 bits per heavy atom. The lowest BCUT2D eigenvalue weighted by molar-refractivity contribution is 0.519. The molecule has 13 heavy (non-hydrogen) atoms. The van der Waals surface area contributed by atoms with Crippen LogP contribution in [0, 0.1) is 5.92 Å². The predicted molar refractivity (Wildman–Crippen MR) is 63.2 cm³/mol. The Morgan fingerprint density at radius 2 is 1.54 bits per heavy atom. The largest absolute Gasteiger partial charge is 0.314 e. The molecule has 1 rings (SSSR count). The Labute approximate surface area is 85.3 Å². The van der Waals surface area contributed by atoms with Gasteiger partial charge >= 0.3 is 0 Å². The van der Waals surface area contributed by atoms with E-state index in [-0.39, 0.29) is 0 Å². The molecule has 0 spiro atoms. The zero-order valence-electron chi connectivity index (χ0n) is 10.5. The van der Waals surface area contributed by atoms with E-state index in [2.05, 4.69) is 33.0 Å². The first kappa shape index (κ1) is 15.4. The van der Waals surface area contributed by atoms with Crippen LogP contribution in [-0.4, -0.2) is 12.6 Å². The van der Waals surface area contributed by atoms with Crippen molar-refractivity contribution in [3.63, 3.8) is 0 Å². The Bertz CT molecular complexity index is 71.2. The Balaban J connectivity index is 0. The van der Waals surface area contributed by atoms with Gasteiger partial charge in [-0.3, -0.25) is 0 Å². The molecule has 2 unspecified atom stereocenters. The average Bonchev–Trinajstić information content (AvgIpc) is 2.55. The van der Waals surface area contributed by atoms with E-state index in [0.717, 1.165) is 12.0 Å². The van der Waals surface area contributed by atoms with Crippen molar-refractivity contribution in [2.45, 2.75) is 66.8 Å². The number of rotatable bonds is 1. The molecule has 0 aliphatic carbocycles. The second kappa shape index (κ2) is 12.0. The summed E-state index contributed by atoms with van der Waals surface area (Å²) in [5, 5.41) is 3.37. The summed E-state index contributed by atoms with van der Waals surface area (Å²) in [7, 11) is 0. The van der Waals surface area contributed by atoms with Crippen LogP contribution in [0.4, 0.5) is 0 Å². The van der Waals surface area contributed by atoms with E-state index in [0.29, 0.717) is 0 Å². The fraction of sp³-hybridized carbons (Fsp3) is 1.00. The lowest BCUT2D eigenvalue weighted by Crippen LogP contribution is -2.20. The van der Waals surface area contributed by atoms with Gasteiger partial charge in [0.25, 0.3) is 0 Å². The van der Waals surface area contributed by atoms with Gasteiger partial charge in [-0.15, -0.1) is 0 Å². The summed E-state index contributed by atoms with van der Waals surface area (Å²) in [5.74, 6) is 0.903. The second-order valence-corrected chi connectivity index (χ2v) is 3.51. The van der Waals surface area contributed by atoms with Crippen molar-refractivity contribution in [3.05, 3.63) is 0 Å². The normalized spacial score (nSPS) is 25.4. The molecule has 1 N–H and O–H groups in total. The van der Waals surface area contributed by atoms with Crippen LogP contribution in [0.25, 0.3) is 0 Å². The van der Waals surface area contributed by atoms with Gasteiger partial charge in [0.2, 0.25) is 0 Å². The molecule has 1 aliphatic rings. The van der Waals surface area contributed by atoms with Gasteiger partial charge in [-0.2, -0.15) is 0 Å². The SMILES string of the molecule is CC.CC1CCNC1C.CCCC. The van der Waals surface area contributed by atoms with Gasteiger partial charge in [0, 0.05) is 6.04 Å². The fourth-order valence-electron chi connectivity index (χ4n) is 0.990. The van der Waals surface area contributed by atoms with Gasteiger partial charge in [-0.25, -0.2) is 0 Å². The molecule has 1 heterocycles. The van der Waals surface area contributed by atoms with E-state index in [9.17, 15) is 0 Å². The molecule has 0 amide bonds. The monoisotopic (exact) mass is 187 g/mol. The summed E-state index contributed by atoms with van der Waals surface area (Å²) in [6.45, 7) is 14.1. The van der Waals surface area contributed by atoms with E-state index < -0.39 is 0 Å². The highest BCUT2D eigenvalue weighted by molar-refractivity contribution is 4.75. The van der Waals surface area contributed by atoms with Crippen LogP contribution in [0.3, 0.4) is 0 Å². The molecule has 0 radical (unpaired) electrons. The summed E-state index contributed by atoms with van der Waals surface area (Å²) < 4.78 is 0. The lowest BCUT2D eigenvalue weighted by atomic mass is 10.1. The highest BCUT2D eigenvalue weighted by atomic mass is 14.9. The van der Waals surface area contributed by atoms with Crippen molar-refractivity contribution in [2.75, 3.05) is 6.54 Å². The molecule has 82 valence electrons. The first-order valence-corrected chi connectivity index (χ1v) is 5.95. The topological polar surface area (TPSA) is 12.0 Å². The third-order valence-corrected chi connectivity index (χ3v) is 2.42. The quantitative estimate of drug-likeness (QED) is 0.658. The van der Waals surface area contributed by atoms with E-state index in [4.69, 9.17) is 0 Å². The number of unbranched alkanes of at least 4 members (excludes halogenated alkanes) is 1. The van der Waals surface area contributed by atoms with Crippen molar-refractivity contribution in [1.82, 2.24) is 5.32 Å². The van der Waals surface area contributed by atoms with E-state index in [1.165, 1.54) is 25.8 Å². The van der Waals surface area contributed by atoms with Gasteiger partial charge in [0.05, 0.1) is 0 Å². The van der Waals surface area contributed by atoms with Gasteiger partial charge in [0.15, 0.2) is 0 Å². The molecular formula is C12H29N. The van der Waals surface area contributed by atoms with Gasteiger partial charge < -0.3 is 5.32 Å². The molecule has 1 fully saturated rings. The maximum atomic E-state index is 3.37. The molecule has 2 atom stereocenters. The number of hydrogen-bond acceptors (Lipinski definition) is 1. The second-order valence-electron chi connectivity index (χ2n) is 3.51. The third kappa shape index (κ3) is 9.88. The van der Waals surface area contributed by atoms with Crippen molar-refractivity contribution in [2.24, 2.45) is 5.92 Å². The maximum Gasteiger partial charge on any atom is 0.00648 e. The van der Waals surface area contributed by atoms with Crippen molar-refractivity contribution < 1.29 is 0 Å². The van der Waals surface area contributed by atoms with Crippen molar-refractivity contribution >= 4 is 0 Å². The molecule has 1 saturated heterocycles. The molecule has 0 bridgehead atoms. The summed E-state index contributed by atoms with van der Waals surface area (Å²) in [6.07, 6.45) is 4.00. The minimum Gasteiger partial charge on any atom is -0.314 e. The molecule has 1 aliphatic heterocycles. The highest BCUT2D eigenvalue weighted by Gasteiger charge is 2.16. The summed E-state index contributed by atoms with van der Waals surface area (Å²) >= 11 is 0. The predicted octanol–water partition coefficient (Wildman–Crippen LogP) is 3.84. The Hall–Kier alpha value is -0.0400. The Morgan fingerprint density at radius 1 is 1.08 bits per heavy atom. The molecular weight excluding hydrogens is 158 g/mol. The molecule has 0 saturated carbocycles. The standard InChI is InChI=1S/C6H13N.C4H10.C2H6/c1-5-3-4-7-6(5)2;1-3-4-2;1-2/h5-7H,3-4H2,1-2H3;3-4H2,1-2H3;1-2H3. The van der Waals surface area contributed by atoms with E-state index in [1.54, 1.807) is 0 Å². The smallest absolute Gasteiger partial charge is 0.00648 e. The van der Waals surface area contributed by atoms with Crippen LogP contribution < -0.4 is 5.32 Å². The summed E-state index contributed by atoms with van der Waals surface area (Å²) in [5.41, 5.74) is 0. The van der Waals surface area contributed by atoms with Crippen LogP contribution in [0.2, 0.25) is 0 Å². The fourth-order valence-corrected chi connectivity index (χ4v) is 0.990. The van der Waals surface area contributed by atoms with E-state index >= 15 is 0 Å². The first-order valence-electron chi connectivity index (χ1n) is 5.95. The average molecular weight is 187 g/mol. The summed E-state index contributed by atoms with van der Waals surface area (Å²) in [4.78, 5) is 0. The van der Waals surface area contributed by atoms with Crippen LogP contribution in [0.1, 0.15) is 60.8 Å². The van der Waals surface area contributed by atoms with Crippen molar-refractivity contribution in [1.29, 1.82) is 0 Å². The lowest BCUT2D eigenvalue weighted by Gasteiger charge is -2.05. The molecule has 1 nitrogen and oxygen atoms in total. The third-order valence-electron chi connectivity index (χ3n) is 2.42. The highest BCUT2D eigenvalue weighted by Crippen LogP contribution is 2.12. The number of nitrogens with one attached hydrogen (secondary N) is 1. The molecule has 0 aromatic rings. The zero-order valence-corrected chi connectivity index (χ0v) is 10.5. The molecule has 0 aromatic heterocycles. The Kier molecular flexibility index (Phi) is 14.2. The van der Waals surface area contributed by atoms with E-state index in [1.807, 2.05) is 13.8 Å². The van der Waals surface area contributed by atoms with Crippen LogP contribution >= 0.6 is 0 Å². The minimum atomic E-state index is 0.764. The van der Waals surface area contributed by atoms with Gasteiger partial charge in [-0.05, 0) is 25.8 Å². The summed E-state index contributed by atoms with van der Waals surface area (Å²) in [6, 6.07) is 0.764. The number of hydrogen-bond donors (Lipinski definition) is 1. The van der Waals surface area contributed by atoms with Crippen molar-refractivity contribution in [3.8, 4) is 0 Å². The van der Waals surface area contributed by atoms with Gasteiger partial charge in [0.1, 0.15) is 0 Å².